The lowest BCUT2D eigenvalue weighted by atomic mass is 9.98. The van der Waals surface area contributed by atoms with Crippen LogP contribution in [-0.2, 0) is 14.3 Å². The Morgan fingerprint density at radius 2 is 1.73 bits per heavy atom. The number of nitrogens with one attached hydrogen (secondary N) is 1. The van der Waals surface area contributed by atoms with Crippen LogP contribution in [0, 0.1) is 5.92 Å². The molecule has 2 aromatic rings. The average molecular weight is 451 g/mol. The molecule has 0 radical (unpaired) electrons. The van der Waals surface area contributed by atoms with Gasteiger partial charge in [-0.1, -0.05) is 55.5 Å². The third kappa shape index (κ3) is 5.02. The van der Waals surface area contributed by atoms with Gasteiger partial charge in [0.1, 0.15) is 6.61 Å². The first-order valence-electron chi connectivity index (χ1n) is 11.6. The average Bonchev–Trinajstić information content (AvgIpc) is 3.42. The van der Waals surface area contributed by atoms with Crippen molar-refractivity contribution in [3.05, 3.63) is 59.7 Å². The Bertz CT molecular complexity index is 991. The maximum Gasteiger partial charge on any atom is 0.407 e. The summed E-state index contributed by atoms with van der Waals surface area (Å²) in [6.07, 6.45) is 1.68. The van der Waals surface area contributed by atoms with Crippen molar-refractivity contribution >= 4 is 18.0 Å². The number of carboxylic acids is 1. The van der Waals surface area contributed by atoms with Crippen LogP contribution in [0.2, 0.25) is 0 Å². The standard InChI is InChI=1S/C26H30N2O5/c1-17(25(31)28-14-6-7-18(28)12-13-24(29)30)15-27-26(32)33-16-23-21-10-4-2-8-19(21)20-9-3-5-11-22(20)23/h2-5,8-11,17-18,23H,6-7,12-16H2,1H3,(H,27,32)(H,29,30). The van der Waals surface area contributed by atoms with E-state index in [1.807, 2.05) is 24.3 Å². The van der Waals surface area contributed by atoms with E-state index in [2.05, 4.69) is 29.6 Å². The molecule has 2 atom stereocenters. The molecule has 2 unspecified atom stereocenters. The molecular weight excluding hydrogens is 420 g/mol. The summed E-state index contributed by atoms with van der Waals surface area (Å²) in [4.78, 5) is 37.9. The molecule has 33 heavy (non-hydrogen) atoms. The van der Waals surface area contributed by atoms with Crippen molar-refractivity contribution in [2.24, 2.45) is 5.92 Å². The number of carbonyl (C=O) groups excluding carboxylic acids is 2. The summed E-state index contributed by atoms with van der Waals surface area (Å²) >= 11 is 0. The van der Waals surface area contributed by atoms with Crippen LogP contribution >= 0.6 is 0 Å². The number of nitrogens with zero attached hydrogens (tertiary/aromatic N) is 1. The van der Waals surface area contributed by atoms with E-state index in [1.165, 1.54) is 11.1 Å². The molecule has 0 aromatic heterocycles. The van der Waals surface area contributed by atoms with Crippen LogP contribution in [0.3, 0.4) is 0 Å². The van der Waals surface area contributed by atoms with Gasteiger partial charge in [-0.3, -0.25) is 9.59 Å². The summed E-state index contributed by atoms with van der Waals surface area (Å²) in [6, 6.07) is 16.3. The molecule has 2 aromatic carbocycles. The highest BCUT2D eigenvalue weighted by molar-refractivity contribution is 5.81. The molecule has 0 bridgehead atoms. The Morgan fingerprint density at radius 3 is 2.36 bits per heavy atom. The van der Waals surface area contributed by atoms with Crippen LogP contribution in [0.25, 0.3) is 11.1 Å². The minimum Gasteiger partial charge on any atom is -0.481 e. The first-order chi connectivity index (χ1) is 16.0. The van der Waals surface area contributed by atoms with Gasteiger partial charge in [0.15, 0.2) is 0 Å². The number of hydrogen-bond donors (Lipinski definition) is 2. The minimum atomic E-state index is -0.848. The highest BCUT2D eigenvalue weighted by Crippen LogP contribution is 2.44. The normalized spacial score (nSPS) is 17.8. The highest BCUT2D eigenvalue weighted by Gasteiger charge is 2.32. The van der Waals surface area contributed by atoms with Crippen LogP contribution in [-0.4, -0.2) is 53.7 Å². The zero-order valence-corrected chi connectivity index (χ0v) is 18.8. The molecule has 4 rings (SSSR count). The number of fused-ring (bicyclic) bond motifs is 3. The molecule has 7 nitrogen and oxygen atoms in total. The van der Waals surface area contributed by atoms with Crippen LogP contribution in [0.5, 0.6) is 0 Å². The third-order valence-corrected chi connectivity index (χ3v) is 6.67. The number of aliphatic carboxylic acids is 1. The molecule has 1 saturated heterocycles. The monoisotopic (exact) mass is 450 g/mol. The van der Waals surface area contributed by atoms with Crippen molar-refractivity contribution in [3.63, 3.8) is 0 Å². The Morgan fingerprint density at radius 1 is 1.09 bits per heavy atom. The first-order valence-corrected chi connectivity index (χ1v) is 11.6. The van der Waals surface area contributed by atoms with Crippen molar-refractivity contribution < 1.29 is 24.2 Å². The van der Waals surface area contributed by atoms with E-state index in [-0.39, 0.29) is 37.4 Å². The second-order valence-corrected chi connectivity index (χ2v) is 8.87. The molecule has 174 valence electrons. The summed E-state index contributed by atoms with van der Waals surface area (Å²) < 4.78 is 5.54. The lowest BCUT2D eigenvalue weighted by Gasteiger charge is -2.27. The van der Waals surface area contributed by atoms with Gasteiger partial charge in [-0.25, -0.2) is 4.79 Å². The smallest absolute Gasteiger partial charge is 0.407 e. The van der Waals surface area contributed by atoms with Crippen molar-refractivity contribution in [1.82, 2.24) is 10.2 Å². The second kappa shape index (κ2) is 10.1. The maximum absolute atomic E-state index is 12.8. The number of amides is 2. The van der Waals surface area contributed by atoms with Crippen LogP contribution in [0.1, 0.15) is 49.7 Å². The van der Waals surface area contributed by atoms with Crippen LogP contribution in [0.4, 0.5) is 4.79 Å². The lowest BCUT2D eigenvalue weighted by molar-refractivity contribution is -0.139. The second-order valence-electron chi connectivity index (χ2n) is 8.87. The largest absolute Gasteiger partial charge is 0.481 e. The van der Waals surface area contributed by atoms with Gasteiger partial charge in [0.2, 0.25) is 5.91 Å². The summed E-state index contributed by atoms with van der Waals surface area (Å²) in [5.41, 5.74) is 4.64. The molecule has 2 N–H and O–H groups in total. The predicted octanol–water partition coefficient (Wildman–Crippen LogP) is 4.02. The van der Waals surface area contributed by atoms with Gasteiger partial charge in [0, 0.05) is 31.5 Å². The van der Waals surface area contributed by atoms with E-state index < -0.39 is 18.0 Å². The Balaban J connectivity index is 1.28. The SMILES string of the molecule is CC(CNC(=O)OCC1c2ccccc2-c2ccccc21)C(=O)N1CCCC1CCC(=O)O. The zero-order chi connectivity index (χ0) is 23.4. The van der Waals surface area contributed by atoms with Gasteiger partial charge in [0.25, 0.3) is 0 Å². The molecule has 1 aliphatic heterocycles. The highest BCUT2D eigenvalue weighted by atomic mass is 16.5. The fourth-order valence-corrected chi connectivity index (χ4v) is 4.97. The summed E-state index contributed by atoms with van der Waals surface area (Å²) in [5, 5.41) is 11.6. The molecule has 1 fully saturated rings. The van der Waals surface area contributed by atoms with Gasteiger partial charge in [-0.15, -0.1) is 0 Å². The van der Waals surface area contributed by atoms with Gasteiger partial charge in [-0.2, -0.15) is 0 Å². The number of rotatable bonds is 8. The predicted molar refractivity (Wildman–Crippen MR) is 124 cm³/mol. The van der Waals surface area contributed by atoms with Crippen LogP contribution < -0.4 is 5.32 Å². The topological polar surface area (TPSA) is 95.9 Å². The van der Waals surface area contributed by atoms with Gasteiger partial charge in [0.05, 0.1) is 5.92 Å². The number of benzene rings is 2. The fourth-order valence-electron chi connectivity index (χ4n) is 4.97. The van der Waals surface area contributed by atoms with Gasteiger partial charge < -0.3 is 20.1 Å². The Hall–Kier alpha value is -3.35. The number of hydrogen-bond acceptors (Lipinski definition) is 4. The van der Waals surface area contributed by atoms with Crippen molar-refractivity contribution in [3.8, 4) is 11.1 Å². The molecule has 0 saturated carbocycles. The molecule has 2 amide bonds. The van der Waals surface area contributed by atoms with Gasteiger partial charge >= 0.3 is 12.1 Å². The van der Waals surface area contributed by atoms with E-state index in [0.29, 0.717) is 13.0 Å². The van der Waals surface area contributed by atoms with E-state index in [0.717, 1.165) is 24.0 Å². The number of carbonyl (C=O) groups is 3. The Kier molecular flexibility index (Phi) is 6.96. The number of alkyl carbamates (subject to hydrolysis) is 1. The maximum atomic E-state index is 12.8. The third-order valence-electron chi connectivity index (χ3n) is 6.67. The van der Waals surface area contributed by atoms with Crippen LogP contribution in [0.15, 0.2) is 48.5 Å². The fraction of sp³-hybridized carbons (Fsp3) is 0.423. The summed E-state index contributed by atoms with van der Waals surface area (Å²) in [7, 11) is 0. The number of likely N-dealkylation sites (tertiary alicyclic amines) is 1. The zero-order valence-electron chi connectivity index (χ0n) is 18.8. The quantitative estimate of drug-likeness (QED) is 0.633. The van der Waals surface area contributed by atoms with E-state index in [4.69, 9.17) is 9.84 Å². The van der Waals surface area contributed by atoms with E-state index in [9.17, 15) is 14.4 Å². The number of carboxylic acid groups (broad SMARTS) is 1. The summed E-state index contributed by atoms with van der Waals surface area (Å²) in [5.74, 6) is -1.32. The summed E-state index contributed by atoms with van der Waals surface area (Å²) in [6.45, 7) is 2.82. The number of ether oxygens (including phenoxy) is 1. The minimum absolute atomic E-state index is 0.0122. The van der Waals surface area contributed by atoms with E-state index in [1.54, 1.807) is 11.8 Å². The molecule has 1 aliphatic carbocycles. The first kappa shape index (κ1) is 22.8. The van der Waals surface area contributed by atoms with E-state index >= 15 is 0 Å². The molecule has 1 heterocycles. The molecular formula is C26H30N2O5. The molecule has 7 heteroatoms. The lowest BCUT2D eigenvalue weighted by Crippen LogP contribution is -2.43. The van der Waals surface area contributed by atoms with Gasteiger partial charge in [-0.05, 0) is 41.5 Å². The van der Waals surface area contributed by atoms with Crippen molar-refractivity contribution in [2.45, 2.75) is 44.6 Å². The van der Waals surface area contributed by atoms with Crippen molar-refractivity contribution in [1.29, 1.82) is 0 Å². The van der Waals surface area contributed by atoms with Crippen molar-refractivity contribution in [2.75, 3.05) is 19.7 Å². The Labute approximate surface area is 193 Å². The molecule has 2 aliphatic rings. The molecule has 0 spiro atoms.